The summed E-state index contributed by atoms with van der Waals surface area (Å²) in [6.07, 6.45) is 1.97. The zero-order valence-electron chi connectivity index (χ0n) is 10.7. The molecule has 0 unspecified atom stereocenters. The second kappa shape index (κ2) is 5.60. The lowest BCUT2D eigenvalue weighted by atomic mass is 10.2. The van der Waals surface area contributed by atoms with E-state index in [1.54, 1.807) is 7.05 Å². The second-order valence-corrected chi connectivity index (χ2v) is 3.87. The van der Waals surface area contributed by atoms with Crippen LogP contribution < -0.4 is 10.6 Å². The van der Waals surface area contributed by atoms with Gasteiger partial charge in [-0.3, -0.25) is 0 Å². The van der Waals surface area contributed by atoms with Crippen LogP contribution in [0.25, 0.3) is 0 Å². The molecule has 0 aliphatic heterocycles. The van der Waals surface area contributed by atoms with E-state index in [-0.39, 0.29) is 5.69 Å². The number of halogens is 2. The van der Waals surface area contributed by atoms with Crippen LogP contribution in [0.3, 0.4) is 0 Å². The van der Waals surface area contributed by atoms with E-state index in [0.717, 1.165) is 5.56 Å². The van der Waals surface area contributed by atoms with Crippen molar-refractivity contribution in [1.29, 1.82) is 0 Å². The summed E-state index contributed by atoms with van der Waals surface area (Å²) in [7, 11) is 1.73. The summed E-state index contributed by atoms with van der Waals surface area (Å²) >= 11 is 0. The topological polar surface area (TPSA) is 49.8 Å². The summed E-state index contributed by atoms with van der Waals surface area (Å²) in [5, 5.41) is 5.62. The number of nitrogens with zero attached hydrogens (tertiary/aromatic N) is 2. The highest BCUT2D eigenvalue weighted by molar-refractivity contribution is 5.65. The van der Waals surface area contributed by atoms with E-state index < -0.39 is 11.6 Å². The zero-order valence-corrected chi connectivity index (χ0v) is 10.7. The second-order valence-electron chi connectivity index (χ2n) is 3.87. The van der Waals surface area contributed by atoms with Gasteiger partial charge >= 0.3 is 0 Å². The Kier molecular flexibility index (Phi) is 3.89. The first-order valence-corrected chi connectivity index (χ1v) is 5.90. The molecule has 100 valence electrons. The number of rotatable bonds is 4. The van der Waals surface area contributed by atoms with E-state index in [2.05, 4.69) is 20.6 Å². The number of anilines is 3. The van der Waals surface area contributed by atoms with E-state index in [4.69, 9.17) is 0 Å². The number of benzene rings is 1. The Morgan fingerprint density at radius 2 is 1.74 bits per heavy atom. The number of hydrogen-bond donors (Lipinski definition) is 2. The van der Waals surface area contributed by atoms with Crippen LogP contribution in [0.2, 0.25) is 0 Å². The molecule has 0 saturated carbocycles. The van der Waals surface area contributed by atoms with Crippen LogP contribution in [0, 0.1) is 11.6 Å². The molecule has 0 fully saturated rings. The van der Waals surface area contributed by atoms with Crippen molar-refractivity contribution in [3.8, 4) is 0 Å². The van der Waals surface area contributed by atoms with Gasteiger partial charge in [-0.2, -0.15) is 0 Å². The summed E-state index contributed by atoms with van der Waals surface area (Å²) in [5.41, 5.74) is 0.561. The molecule has 1 aromatic heterocycles. The highest BCUT2D eigenvalue weighted by atomic mass is 19.1. The standard InChI is InChI=1S/C13H14F2N4/c1-3-8-12(16-2)17-7-18-13(8)19-11-9(14)5-4-6-10(11)15/h4-7H,3H2,1-2H3,(H2,16,17,18,19). The molecule has 0 bridgehead atoms. The third-order valence-corrected chi connectivity index (χ3v) is 2.74. The Morgan fingerprint density at radius 1 is 1.11 bits per heavy atom. The van der Waals surface area contributed by atoms with Crippen molar-refractivity contribution in [2.24, 2.45) is 0 Å². The van der Waals surface area contributed by atoms with Gasteiger partial charge in [-0.25, -0.2) is 18.7 Å². The van der Waals surface area contributed by atoms with E-state index in [0.29, 0.717) is 18.1 Å². The third-order valence-electron chi connectivity index (χ3n) is 2.74. The fraction of sp³-hybridized carbons (Fsp3) is 0.231. The Morgan fingerprint density at radius 3 is 2.32 bits per heavy atom. The summed E-state index contributed by atoms with van der Waals surface area (Å²) < 4.78 is 27.2. The molecule has 6 heteroatoms. The van der Waals surface area contributed by atoms with Gasteiger partial charge in [0.1, 0.15) is 35.3 Å². The Balaban J connectivity index is 2.44. The molecule has 2 aromatic rings. The minimum Gasteiger partial charge on any atom is -0.373 e. The maximum Gasteiger partial charge on any atom is 0.149 e. The number of para-hydroxylation sites is 1. The molecule has 1 heterocycles. The molecular weight excluding hydrogens is 250 g/mol. The molecule has 0 atom stereocenters. The van der Waals surface area contributed by atoms with Gasteiger partial charge in [-0.05, 0) is 18.6 Å². The number of hydrogen-bond acceptors (Lipinski definition) is 4. The molecule has 19 heavy (non-hydrogen) atoms. The van der Waals surface area contributed by atoms with Gasteiger partial charge < -0.3 is 10.6 Å². The molecule has 0 aliphatic rings. The molecule has 0 radical (unpaired) electrons. The molecule has 0 spiro atoms. The summed E-state index contributed by atoms with van der Waals surface area (Å²) in [5.74, 6) is -0.291. The predicted octanol–water partition coefficient (Wildman–Crippen LogP) is 3.10. The summed E-state index contributed by atoms with van der Waals surface area (Å²) in [6, 6.07) is 3.70. The van der Waals surface area contributed by atoms with Gasteiger partial charge in [0.15, 0.2) is 0 Å². The zero-order chi connectivity index (χ0) is 13.8. The highest BCUT2D eigenvalue weighted by Crippen LogP contribution is 2.26. The lowest BCUT2D eigenvalue weighted by Crippen LogP contribution is -2.06. The third kappa shape index (κ3) is 2.62. The van der Waals surface area contributed by atoms with Gasteiger partial charge in [0.05, 0.1) is 0 Å². The van der Waals surface area contributed by atoms with Crippen LogP contribution in [-0.2, 0) is 6.42 Å². The van der Waals surface area contributed by atoms with Crippen molar-refractivity contribution in [2.75, 3.05) is 17.7 Å². The van der Waals surface area contributed by atoms with Gasteiger partial charge in [0.25, 0.3) is 0 Å². The molecular formula is C13H14F2N4. The van der Waals surface area contributed by atoms with Crippen LogP contribution >= 0.6 is 0 Å². The minimum absolute atomic E-state index is 0.210. The number of aromatic nitrogens is 2. The molecule has 2 N–H and O–H groups in total. The van der Waals surface area contributed by atoms with Gasteiger partial charge in [0.2, 0.25) is 0 Å². The highest BCUT2D eigenvalue weighted by Gasteiger charge is 2.13. The minimum atomic E-state index is -0.660. The van der Waals surface area contributed by atoms with Crippen molar-refractivity contribution in [2.45, 2.75) is 13.3 Å². The van der Waals surface area contributed by atoms with Crippen molar-refractivity contribution < 1.29 is 8.78 Å². The molecule has 0 saturated heterocycles. The molecule has 2 rings (SSSR count). The predicted molar refractivity (Wildman–Crippen MR) is 70.6 cm³/mol. The first-order valence-electron chi connectivity index (χ1n) is 5.90. The lowest BCUT2D eigenvalue weighted by molar-refractivity contribution is 0.590. The maximum absolute atomic E-state index is 13.6. The lowest BCUT2D eigenvalue weighted by Gasteiger charge is -2.13. The summed E-state index contributed by atoms with van der Waals surface area (Å²) in [6.45, 7) is 1.92. The smallest absolute Gasteiger partial charge is 0.149 e. The normalized spacial score (nSPS) is 10.3. The number of nitrogens with one attached hydrogen (secondary N) is 2. The first kappa shape index (κ1) is 13.2. The molecule has 4 nitrogen and oxygen atoms in total. The molecule has 0 amide bonds. The van der Waals surface area contributed by atoms with E-state index in [1.165, 1.54) is 24.5 Å². The Bertz CT molecular complexity index is 567. The van der Waals surface area contributed by atoms with Gasteiger partial charge in [-0.15, -0.1) is 0 Å². The first-order chi connectivity index (χ1) is 9.17. The van der Waals surface area contributed by atoms with Gasteiger partial charge in [-0.1, -0.05) is 13.0 Å². The SMILES string of the molecule is CCc1c(NC)ncnc1Nc1c(F)cccc1F. The van der Waals surface area contributed by atoms with Crippen LogP contribution in [-0.4, -0.2) is 17.0 Å². The quantitative estimate of drug-likeness (QED) is 0.891. The van der Waals surface area contributed by atoms with E-state index in [9.17, 15) is 8.78 Å². The average Bonchev–Trinajstić information content (AvgIpc) is 2.42. The average molecular weight is 264 g/mol. The summed E-state index contributed by atoms with van der Waals surface area (Å²) in [4.78, 5) is 8.11. The molecule has 1 aromatic carbocycles. The van der Waals surface area contributed by atoms with Crippen LogP contribution in [0.4, 0.5) is 26.1 Å². The maximum atomic E-state index is 13.6. The fourth-order valence-electron chi connectivity index (χ4n) is 1.81. The Hall–Kier alpha value is -2.24. The van der Waals surface area contributed by atoms with Crippen LogP contribution in [0.15, 0.2) is 24.5 Å². The van der Waals surface area contributed by atoms with Crippen molar-refractivity contribution in [3.63, 3.8) is 0 Å². The Labute approximate surface area is 109 Å². The fourth-order valence-corrected chi connectivity index (χ4v) is 1.81. The molecule has 0 aliphatic carbocycles. The van der Waals surface area contributed by atoms with Gasteiger partial charge in [0, 0.05) is 12.6 Å². The van der Waals surface area contributed by atoms with Crippen LogP contribution in [0.5, 0.6) is 0 Å². The van der Waals surface area contributed by atoms with Crippen molar-refractivity contribution in [1.82, 2.24) is 9.97 Å². The monoisotopic (exact) mass is 264 g/mol. The van der Waals surface area contributed by atoms with Crippen molar-refractivity contribution in [3.05, 3.63) is 41.7 Å². The van der Waals surface area contributed by atoms with Crippen molar-refractivity contribution >= 4 is 17.3 Å². The van der Waals surface area contributed by atoms with E-state index in [1.807, 2.05) is 6.92 Å². The van der Waals surface area contributed by atoms with E-state index >= 15 is 0 Å². The largest absolute Gasteiger partial charge is 0.373 e. The van der Waals surface area contributed by atoms with Crippen LogP contribution in [0.1, 0.15) is 12.5 Å².